The summed E-state index contributed by atoms with van der Waals surface area (Å²) in [5.74, 6) is 0. The molecule has 9 heteroatoms. The van der Waals surface area contributed by atoms with Crippen molar-refractivity contribution in [3.05, 3.63) is 16.3 Å². The number of halogens is 1. The van der Waals surface area contributed by atoms with Gasteiger partial charge in [0.15, 0.2) is 10.9 Å². The van der Waals surface area contributed by atoms with Gasteiger partial charge in [0.2, 0.25) is 5.28 Å². The van der Waals surface area contributed by atoms with Crippen LogP contribution in [0.15, 0.2) is 6.33 Å². The highest BCUT2D eigenvalue weighted by atomic mass is 35.5. The topological polar surface area (TPSA) is 96.2 Å². The summed E-state index contributed by atoms with van der Waals surface area (Å²) in [5, 5.41) is 19.8. The fraction of sp³-hybridized carbons (Fsp3) is 0.500. The molecule has 7 nitrogen and oxygen atoms in total. The maximum absolute atomic E-state index is 9.99. The number of hydrogen-bond acceptors (Lipinski definition) is 6. The van der Waals surface area contributed by atoms with E-state index in [1.807, 2.05) is 0 Å². The number of aromatic amines is 1. The quantitative estimate of drug-likeness (QED) is 0.532. The van der Waals surface area contributed by atoms with Crippen LogP contribution in [0.1, 0.15) is 13.2 Å². The standard InChI is InChI=1S/C10H11ClN4O3S/c1-3-5(16)6(17)9(18-3)15-2-12-4-7(15)13-10(11)14-8(4)19/h2-3,5-6,9,16-17H,1H3,(H,13,14,19)/t3-,5-,6-,9-/m1/s1. The van der Waals surface area contributed by atoms with Crippen LogP contribution < -0.4 is 0 Å². The van der Waals surface area contributed by atoms with E-state index in [1.165, 1.54) is 6.33 Å². The van der Waals surface area contributed by atoms with Gasteiger partial charge in [0.25, 0.3) is 0 Å². The third-order valence-electron chi connectivity index (χ3n) is 3.17. The summed E-state index contributed by atoms with van der Waals surface area (Å²) in [6.45, 7) is 1.68. The van der Waals surface area contributed by atoms with Crippen LogP contribution in [0.3, 0.4) is 0 Å². The van der Waals surface area contributed by atoms with E-state index in [-0.39, 0.29) is 9.92 Å². The van der Waals surface area contributed by atoms with Gasteiger partial charge >= 0.3 is 0 Å². The van der Waals surface area contributed by atoms with E-state index in [4.69, 9.17) is 28.6 Å². The van der Waals surface area contributed by atoms with Crippen molar-refractivity contribution >= 4 is 35.0 Å². The van der Waals surface area contributed by atoms with Crippen molar-refractivity contribution in [3.8, 4) is 0 Å². The Hall–Kier alpha value is -1.06. The van der Waals surface area contributed by atoms with Crippen molar-refractivity contribution < 1.29 is 14.9 Å². The largest absolute Gasteiger partial charge is 0.388 e. The first kappa shape index (κ1) is 12.9. The normalized spacial score (nSPS) is 31.2. The Balaban J connectivity index is 2.14. The molecule has 1 aliphatic heterocycles. The molecular formula is C10H11ClN4O3S. The molecule has 1 aliphatic rings. The Kier molecular flexibility index (Phi) is 3.06. The van der Waals surface area contributed by atoms with Gasteiger partial charge < -0.3 is 19.9 Å². The lowest BCUT2D eigenvalue weighted by molar-refractivity contribution is -0.0299. The number of H-pyrrole nitrogens is 1. The monoisotopic (exact) mass is 302 g/mol. The summed E-state index contributed by atoms with van der Waals surface area (Å²) in [5.41, 5.74) is 0.958. The number of aromatic nitrogens is 4. The number of imidazole rings is 1. The van der Waals surface area contributed by atoms with E-state index in [0.717, 1.165) is 0 Å². The number of rotatable bonds is 1. The lowest BCUT2D eigenvalue weighted by Gasteiger charge is -2.16. The molecule has 0 unspecified atom stereocenters. The first-order valence-electron chi connectivity index (χ1n) is 5.63. The second-order valence-corrected chi connectivity index (χ2v) is 5.14. The summed E-state index contributed by atoms with van der Waals surface area (Å²) in [6, 6.07) is 0. The van der Waals surface area contributed by atoms with Gasteiger partial charge in [-0.1, -0.05) is 12.2 Å². The van der Waals surface area contributed by atoms with Crippen molar-refractivity contribution in [3.63, 3.8) is 0 Å². The number of hydrogen-bond donors (Lipinski definition) is 3. The summed E-state index contributed by atoms with van der Waals surface area (Å²) in [7, 11) is 0. The molecule has 2 aromatic heterocycles. The smallest absolute Gasteiger partial charge is 0.203 e. The van der Waals surface area contributed by atoms with Gasteiger partial charge in [-0.15, -0.1) is 0 Å². The van der Waals surface area contributed by atoms with Gasteiger partial charge in [0.05, 0.1) is 12.4 Å². The zero-order valence-electron chi connectivity index (χ0n) is 9.82. The van der Waals surface area contributed by atoms with Crippen LogP contribution in [0, 0.1) is 4.64 Å². The molecule has 0 radical (unpaired) electrons. The molecule has 0 spiro atoms. The molecule has 3 N–H and O–H groups in total. The predicted molar refractivity (Wildman–Crippen MR) is 69.3 cm³/mol. The number of fused-ring (bicyclic) bond motifs is 1. The number of nitrogens with one attached hydrogen (secondary N) is 1. The fourth-order valence-corrected chi connectivity index (χ4v) is 2.62. The van der Waals surface area contributed by atoms with Crippen molar-refractivity contribution in [2.45, 2.75) is 31.5 Å². The van der Waals surface area contributed by atoms with E-state index < -0.39 is 24.5 Å². The first-order chi connectivity index (χ1) is 8.99. The van der Waals surface area contributed by atoms with Crippen molar-refractivity contribution in [2.75, 3.05) is 0 Å². The molecular weight excluding hydrogens is 292 g/mol. The minimum Gasteiger partial charge on any atom is -0.388 e. The number of aliphatic hydroxyl groups is 2. The second kappa shape index (κ2) is 4.50. The van der Waals surface area contributed by atoms with Gasteiger partial charge in [0.1, 0.15) is 23.4 Å². The van der Waals surface area contributed by atoms with Gasteiger partial charge in [-0.3, -0.25) is 4.57 Å². The maximum atomic E-state index is 9.99. The lowest BCUT2D eigenvalue weighted by atomic mass is 10.1. The summed E-state index contributed by atoms with van der Waals surface area (Å²) < 4.78 is 7.34. The fourth-order valence-electron chi connectivity index (χ4n) is 2.16. The molecule has 0 amide bonds. The molecule has 102 valence electrons. The van der Waals surface area contributed by atoms with Crippen LogP contribution in [0.4, 0.5) is 0 Å². The van der Waals surface area contributed by atoms with Gasteiger partial charge in [-0.05, 0) is 18.5 Å². The summed E-state index contributed by atoms with van der Waals surface area (Å²) in [4.78, 5) is 10.8. The van der Waals surface area contributed by atoms with Crippen molar-refractivity contribution in [2.24, 2.45) is 0 Å². The zero-order valence-corrected chi connectivity index (χ0v) is 11.4. The lowest BCUT2D eigenvalue weighted by Crippen LogP contribution is -2.30. The van der Waals surface area contributed by atoms with Gasteiger partial charge in [-0.25, -0.2) is 9.97 Å². The molecule has 0 aliphatic carbocycles. The van der Waals surface area contributed by atoms with Crippen LogP contribution in [-0.4, -0.2) is 48.0 Å². The van der Waals surface area contributed by atoms with E-state index >= 15 is 0 Å². The van der Waals surface area contributed by atoms with Crippen LogP contribution in [0.25, 0.3) is 11.2 Å². The Bertz CT molecular complexity index is 687. The molecule has 3 heterocycles. The highest BCUT2D eigenvalue weighted by molar-refractivity contribution is 7.71. The minimum atomic E-state index is -1.05. The molecule has 1 fully saturated rings. The van der Waals surface area contributed by atoms with Crippen LogP contribution in [-0.2, 0) is 4.74 Å². The molecule has 3 rings (SSSR count). The van der Waals surface area contributed by atoms with Crippen molar-refractivity contribution in [1.82, 2.24) is 19.5 Å². The second-order valence-electron chi connectivity index (χ2n) is 4.39. The SMILES string of the molecule is C[C@H]1O[C@@H](n2cnc3c(=S)nc(Cl)[nH]c32)[C@H](O)[C@@H]1O. The number of nitrogens with zero attached hydrogens (tertiary/aromatic N) is 3. The molecule has 0 bridgehead atoms. The van der Waals surface area contributed by atoms with Gasteiger partial charge in [-0.2, -0.15) is 0 Å². The van der Waals surface area contributed by atoms with E-state index in [9.17, 15) is 10.2 Å². The van der Waals surface area contributed by atoms with Crippen LogP contribution in [0.2, 0.25) is 5.28 Å². The van der Waals surface area contributed by atoms with Crippen LogP contribution >= 0.6 is 23.8 Å². The highest BCUT2D eigenvalue weighted by Gasteiger charge is 2.41. The predicted octanol–water partition coefficient (Wildman–Crippen LogP) is 0.781. The average molecular weight is 303 g/mol. The summed E-state index contributed by atoms with van der Waals surface area (Å²) in [6.07, 6.45) is -1.77. The third kappa shape index (κ3) is 1.96. The minimum absolute atomic E-state index is 0.125. The zero-order chi connectivity index (χ0) is 13.7. The Morgan fingerprint density at radius 3 is 2.84 bits per heavy atom. The maximum Gasteiger partial charge on any atom is 0.203 e. The number of ether oxygens (including phenoxy) is 1. The Labute approximate surface area is 117 Å². The molecule has 0 aromatic carbocycles. The van der Waals surface area contributed by atoms with E-state index in [1.54, 1.807) is 11.5 Å². The first-order valence-corrected chi connectivity index (χ1v) is 6.41. The summed E-state index contributed by atoms with van der Waals surface area (Å²) >= 11 is 10.9. The average Bonchev–Trinajstić information content (AvgIpc) is 2.86. The highest BCUT2D eigenvalue weighted by Crippen LogP contribution is 2.31. The Morgan fingerprint density at radius 1 is 1.47 bits per heavy atom. The Morgan fingerprint density at radius 2 is 2.21 bits per heavy atom. The molecule has 0 saturated carbocycles. The number of aliphatic hydroxyl groups excluding tert-OH is 2. The van der Waals surface area contributed by atoms with Gasteiger partial charge in [0, 0.05) is 0 Å². The molecule has 2 aromatic rings. The molecule has 19 heavy (non-hydrogen) atoms. The van der Waals surface area contributed by atoms with E-state index in [2.05, 4.69) is 15.0 Å². The molecule has 4 atom stereocenters. The third-order valence-corrected chi connectivity index (χ3v) is 3.63. The molecule has 1 saturated heterocycles. The van der Waals surface area contributed by atoms with Crippen LogP contribution in [0.5, 0.6) is 0 Å². The van der Waals surface area contributed by atoms with Crippen molar-refractivity contribution in [1.29, 1.82) is 0 Å². The van der Waals surface area contributed by atoms with E-state index in [0.29, 0.717) is 11.2 Å².